The van der Waals surface area contributed by atoms with Gasteiger partial charge in [0.15, 0.2) is 17.5 Å². The van der Waals surface area contributed by atoms with Crippen LogP contribution in [-0.2, 0) is 0 Å². The van der Waals surface area contributed by atoms with Crippen molar-refractivity contribution in [1.29, 1.82) is 0 Å². The first-order valence-corrected chi connectivity index (χ1v) is 18.5. The average molecular weight is 702 g/mol. The smallest absolute Gasteiger partial charge is 0.164 e. The second-order valence-electron chi connectivity index (χ2n) is 14.0. The molecule has 0 unspecified atom stereocenters. The van der Waals surface area contributed by atoms with E-state index >= 15 is 0 Å². The predicted molar refractivity (Wildman–Crippen MR) is 227 cm³/mol. The first-order valence-electron chi connectivity index (χ1n) is 18.5. The molecule has 0 aliphatic heterocycles. The average Bonchev–Trinajstić information content (AvgIpc) is 3.62. The lowest BCUT2D eigenvalue weighted by molar-refractivity contribution is 0.670. The van der Waals surface area contributed by atoms with Gasteiger partial charge in [-0.15, -0.1) is 0 Å². The Morgan fingerprint density at radius 2 is 0.800 bits per heavy atom. The van der Waals surface area contributed by atoms with Crippen molar-refractivity contribution < 1.29 is 4.42 Å². The molecular formula is C51H31N3O. The minimum atomic E-state index is 0.632. The predicted octanol–water partition coefficient (Wildman–Crippen LogP) is 13.6. The van der Waals surface area contributed by atoms with E-state index in [2.05, 4.69) is 158 Å². The molecule has 4 nitrogen and oxygen atoms in total. The first kappa shape index (κ1) is 31.1. The van der Waals surface area contributed by atoms with Crippen molar-refractivity contribution in [2.75, 3.05) is 0 Å². The summed E-state index contributed by atoms with van der Waals surface area (Å²) in [6, 6.07) is 65.9. The van der Waals surface area contributed by atoms with Crippen molar-refractivity contribution in [3.63, 3.8) is 0 Å². The highest BCUT2D eigenvalue weighted by Crippen LogP contribution is 2.43. The maximum atomic E-state index is 6.72. The Kier molecular flexibility index (Phi) is 7.14. The van der Waals surface area contributed by atoms with Gasteiger partial charge in [-0.1, -0.05) is 158 Å². The fraction of sp³-hybridized carbons (Fsp3) is 0. The molecule has 0 saturated carbocycles. The van der Waals surface area contributed by atoms with Gasteiger partial charge >= 0.3 is 0 Å². The highest BCUT2D eigenvalue weighted by molar-refractivity contribution is 6.19. The second kappa shape index (κ2) is 12.6. The van der Waals surface area contributed by atoms with Gasteiger partial charge in [0, 0.05) is 33.0 Å². The van der Waals surface area contributed by atoms with E-state index in [1.54, 1.807) is 0 Å². The molecule has 0 saturated heterocycles. The van der Waals surface area contributed by atoms with Gasteiger partial charge in [0.2, 0.25) is 0 Å². The zero-order valence-electron chi connectivity index (χ0n) is 29.6. The summed E-state index contributed by atoms with van der Waals surface area (Å²) < 4.78 is 6.72. The number of rotatable bonds is 5. The third kappa shape index (κ3) is 5.43. The summed E-state index contributed by atoms with van der Waals surface area (Å²) in [5.74, 6) is 1.92. The van der Waals surface area contributed by atoms with E-state index in [0.29, 0.717) is 17.5 Å². The molecule has 55 heavy (non-hydrogen) atoms. The first-order chi connectivity index (χ1) is 27.2. The summed E-state index contributed by atoms with van der Waals surface area (Å²) in [5, 5.41) is 9.32. The van der Waals surface area contributed by atoms with Crippen molar-refractivity contribution in [1.82, 2.24) is 15.0 Å². The molecule has 0 amide bonds. The number of hydrogen-bond donors (Lipinski definition) is 0. The summed E-state index contributed by atoms with van der Waals surface area (Å²) in [4.78, 5) is 14.9. The van der Waals surface area contributed by atoms with Crippen LogP contribution in [0, 0.1) is 0 Å². The quantitative estimate of drug-likeness (QED) is 0.179. The van der Waals surface area contributed by atoms with Gasteiger partial charge < -0.3 is 4.42 Å². The standard InChI is InChI=1S/C51H31N3O/c1-2-12-35(13-3-1)49-52-50(54-51(53-49)42-25-21-33-11-5-7-15-38(33)29-42)36-22-18-34(19-23-36)39-26-27-46-44(30-39)45-31-40-16-8-9-17-43(40)47(48(45)55-46)41-24-20-32-10-4-6-14-37(32)28-41/h1-31H. The maximum Gasteiger partial charge on any atom is 0.164 e. The molecule has 0 bridgehead atoms. The van der Waals surface area contributed by atoms with E-state index in [9.17, 15) is 0 Å². The highest BCUT2D eigenvalue weighted by atomic mass is 16.3. The molecule has 256 valence electrons. The largest absolute Gasteiger partial charge is 0.455 e. The molecule has 9 aromatic carbocycles. The molecular weight excluding hydrogens is 671 g/mol. The lowest BCUT2D eigenvalue weighted by Gasteiger charge is -2.10. The van der Waals surface area contributed by atoms with E-state index in [0.717, 1.165) is 66.3 Å². The summed E-state index contributed by atoms with van der Waals surface area (Å²) >= 11 is 0. The fourth-order valence-electron chi connectivity index (χ4n) is 7.88. The Balaban J connectivity index is 1.01. The van der Waals surface area contributed by atoms with Gasteiger partial charge in [-0.2, -0.15) is 0 Å². The van der Waals surface area contributed by atoms with Crippen molar-refractivity contribution >= 4 is 54.3 Å². The van der Waals surface area contributed by atoms with E-state index in [1.807, 2.05) is 30.3 Å². The molecule has 0 fully saturated rings. The lowest BCUT2D eigenvalue weighted by Crippen LogP contribution is -2.00. The molecule has 0 aliphatic carbocycles. The van der Waals surface area contributed by atoms with Crippen LogP contribution in [0.15, 0.2) is 192 Å². The second-order valence-corrected chi connectivity index (χ2v) is 14.0. The molecule has 2 aromatic heterocycles. The highest BCUT2D eigenvalue weighted by Gasteiger charge is 2.18. The monoisotopic (exact) mass is 701 g/mol. The van der Waals surface area contributed by atoms with Gasteiger partial charge in [0.1, 0.15) is 11.2 Å². The van der Waals surface area contributed by atoms with Gasteiger partial charge in [-0.3, -0.25) is 0 Å². The minimum Gasteiger partial charge on any atom is -0.455 e. The van der Waals surface area contributed by atoms with Crippen LogP contribution < -0.4 is 0 Å². The molecule has 0 atom stereocenters. The summed E-state index contributed by atoms with van der Waals surface area (Å²) in [6.45, 7) is 0. The maximum absolute atomic E-state index is 6.72. The number of benzene rings is 9. The minimum absolute atomic E-state index is 0.632. The fourth-order valence-corrected chi connectivity index (χ4v) is 7.88. The molecule has 0 spiro atoms. The Hall–Kier alpha value is -7.43. The van der Waals surface area contributed by atoms with Gasteiger partial charge in [0.05, 0.1) is 0 Å². The van der Waals surface area contributed by atoms with Crippen LogP contribution >= 0.6 is 0 Å². The number of fused-ring (bicyclic) bond motifs is 6. The van der Waals surface area contributed by atoms with Gasteiger partial charge in [-0.05, 0) is 79.3 Å². The van der Waals surface area contributed by atoms with Gasteiger partial charge in [-0.25, -0.2) is 15.0 Å². The number of aromatic nitrogens is 3. The van der Waals surface area contributed by atoms with Crippen LogP contribution in [0.1, 0.15) is 0 Å². The van der Waals surface area contributed by atoms with E-state index < -0.39 is 0 Å². The van der Waals surface area contributed by atoms with E-state index in [4.69, 9.17) is 19.4 Å². The van der Waals surface area contributed by atoms with Crippen LogP contribution in [0.5, 0.6) is 0 Å². The van der Waals surface area contributed by atoms with Crippen LogP contribution in [0.2, 0.25) is 0 Å². The zero-order chi connectivity index (χ0) is 36.3. The SMILES string of the molecule is c1ccc(-c2nc(-c3ccc(-c4ccc5oc6c(-c7ccc8ccccc8c7)c7ccccc7cc6c5c4)cc3)nc(-c3ccc4ccccc4c3)n2)cc1. The Labute approximate surface area is 317 Å². The molecule has 0 aliphatic rings. The van der Waals surface area contributed by atoms with Crippen LogP contribution in [0.4, 0.5) is 0 Å². The van der Waals surface area contributed by atoms with Crippen LogP contribution in [0.25, 0.3) is 111 Å². The van der Waals surface area contributed by atoms with Crippen LogP contribution in [0.3, 0.4) is 0 Å². The third-order valence-corrected chi connectivity index (χ3v) is 10.7. The normalized spacial score (nSPS) is 11.6. The molecule has 4 heteroatoms. The Morgan fingerprint density at radius 3 is 1.51 bits per heavy atom. The third-order valence-electron chi connectivity index (χ3n) is 10.7. The summed E-state index contributed by atoms with van der Waals surface area (Å²) in [5.41, 5.74) is 9.07. The van der Waals surface area contributed by atoms with Gasteiger partial charge in [0.25, 0.3) is 0 Å². The topological polar surface area (TPSA) is 51.8 Å². The van der Waals surface area contributed by atoms with Crippen LogP contribution in [-0.4, -0.2) is 15.0 Å². The number of hydrogen-bond acceptors (Lipinski definition) is 4. The summed E-state index contributed by atoms with van der Waals surface area (Å²) in [6.07, 6.45) is 0. The Morgan fingerprint density at radius 1 is 0.291 bits per heavy atom. The lowest BCUT2D eigenvalue weighted by atomic mass is 9.93. The van der Waals surface area contributed by atoms with Crippen molar-refractivity contribution in [2.24, 2.45) is 0 Å². The number of furan rings is 1. The molecule has 2 heterocycles. The van der Waals surface area contributed by atoms with Crippen molar-refractivity contribution in [2.45, 2.75) is 0 Å². The Bertz CT molecular complexity index is 3260. The van der Waals surface area contributed by atoms with Crippen molar-refractivity contribution in [3.8, 4) is 56.4 Å². The molecule has 0 N–H and O–H groups in total. The molecule has 11 aromatic rings. The molecule has 11 rings (SSSR count). The van der Waals surface area contributed by atoms with Crippen molar-refractivity contribution in [3.05, 3.63) is 188 Å². The summed E-state index contributed by atoms with van der Waals surface area (Å²) in [7, 11) is 0. The zero-order valence-corrected chi connectivity index (χ0v) is 29.6. The molecule has 0 radical (unpaired) electrons. The van der Waals surface area contributed by atoms with E-state index in [1.165, 1.54) is 26.9 Å². The number of nitrogens with zero attached hydrogens (tertiary/aromatic N) is 3. The van der Waals surface area contributed by atoms with E-state index in [-0.39, 0.29) is 0 Å².